The number of ketones is 1. The van der Waals surface area contributed by atoms with Crippen LogP contribution in [0.4, 0.5) is 17.6 Å². The van der Waals surface area contributed by atoms with E-state index >= 15 is 0 Å². The SMILES string of the molecule is O=C1CCC1c1cc(F)cc(OC(F)(F)F)c1. The van der Waals surface area contributed by atoms with Crippen molar-refractivity contribution < 1.29 is 27.1 Å². The van der Waals surface area contributed by atoms with Gasteiger partial charge in [0.05, 0.1) is 0 Å². The van der Waals surface area contributed by atoms with Crippen LogP contribution in [0.1, 0.15) is 24.3 Å². The molecule has 0 saturated heterocycles. The summed E-state index contributed by atoms with van der Waals surface area (Å²) < 4.78 is 52.6. The Morgan fingerprint density at radius 3 is 2.41 bits per heavy atom. The summed E-state index contributed by atoms with van der Waals surface area (Å²) in [6, 6.07) is 2.75. The van der Waals surface area contributed by atoms with Gasteiger partial charge in [0.25, 0.3) is 0 Å². The third-order valence-corrected chi connectivity index (χ3v) is 2.60. The van der Waals surface area contributed by atoms with Crippen molar-refractivity contribution in [1.29, 1.82) is 0 Å². The second kappa shape index (κ2) is 4.01. The lowest BCUT2D eigenvalue weighted by molar-refractivity contribution is -0.274. The molecule has 2 rings (SSSR count). The quantitative estimate of drug-likeness (QED) is 0.751. The van der Waals surface area contributed by atoms with Crippen molar-refractivity contribution in [3.8, 4) is 5.75 Å². The van der Waals surface area contributed by atoms with E-state index in [2.05, 4.69) is 4.74 Å². The van der Waals surface area contributed by atoms with Crippen LogP contribution in [0.5, 0.6) is 5.75 Å². The number of alkyl halides is 3. The molecule has 0 bridgehead atoms. The van der Waals surface area contributed by atoms with Crippen molar-refractivity contribution in [3.63, 3.8) is 0 Å². The topological polar surface area (TPSA) is 26.3 Å². The summed E-state index contributed by atoms with van der Waals surface area (Å²) in [6.45, 7) is 0. The molecule has 1 saturated carbocycles. The van der Waals surface area contributed by atoms with Gasteiger partial charge >= 0.3 is 6.36 Å². The molecule has 1 aromatic rings. The molecule has 0 spiro atoms. The van der Waals surface area contributed by atoms with Gasteiger partial charge in [-0.1, -0.05) is 0 Å². The molecule has 92 valence electrons. The lowest BCUT2D eigenvalue weighted by Crippen LogP contribution is -2.23. The van der Waals surface area contributed by atoms with Crippen LogP contribution in [0, 0.1) is 5.82 Å². The number of halogens is 4. The molecule has 1 aliphatic rings. The highest BCUT2D eigenvalue weighted by molar-refractivity contribution is 5.91. The van der Waals surface area contributed by atoms with Gasteiger partial charge in [0.15, 0.2) is 0 Å². The first kappa shape index (κ1) is 11.9. The second-order valence-corrected chi connectivity index (χ2v) is 3.83. The molecule has 1 unspecified atom stereocenters. The fraction of sp³-hybridized carbons (Fsp3) is 0.364. The van der Waals surface area contributed by atoms with E-state index in [1.807, 2.05) is 0 Å². The molecule has 0 heterocycles. The fourth-order valence-electron chi connectivity index (χ4n) is 1.74. The number of rotatable bonds is 2. The first-order valence-electron chi connectivity index (χ1n) is 4.94. The molecule has 0 amide bonds. The smallest absolute Gasteiger partial charge is 0.406 e. The van der Waals surface area contributed by atoms with Gasteiger partial charge < -0.3 is 4.74 Å². The highest BCUT2D eigenvalue weighted by Crippen LogP contribution is 2.35. The molecular formula is C11H8F4O2. The number of benzene rings is 1. The van der Waals surface area contributed by atoms with Crippen LogP contribution in [-0.4, -0.2) is 12.1 Å². The Kier molecular flexibility index (Phi) is 2.81. The average Bonchev–Trinajstić information content (AvgIpc) is 2.11. The van der Waals surface area contributed by atoms with E-state index in [0.29, 0.717) is 18.9 Å². The number of hydrogen-bond acceptors (Lipinski definition) is 2. The van der Waals surface area contributed by atoms with Crippen molar-refractivity contribution in [2.75, 3.05) is 0 Å². The van der Waals surface area contributed by atoms with Crippen molar-refractivity contribution in [2.24, 2.45) is 0 Å². The normalized spacial score (nSPS) is 20.0. The maximum atomic E-state index is 13.1. The number of carbonyl (C=O) groups is 1. The molecule has 0 radical (unpaired) electrons. The predicted molar refractivity (Wildman–Crippen MR) is 50.1 cm³/mol. The number of Topliss-reactive ketones (excluding diaryl/α,β-unsaturated/α-hetero) is 1. The largest absolute Gasteiger partial charge is 0.573 e. The summed E-state index contributed by atoms with van der Waals surface area (Å²) in [5, 5.41) is 0. The Bertz CT molecular complexity index is 453. The zero-order chi connectivity index (χ0) is 12.6. The third kappa shape index (κ3) is 2.75. The summed E-state index contributed by atoms with van der Waals surface area (Å²) in [6.07, 6.45) is -3.95. The first-order chi connectivity index (χ1) is 7.85. The van der Waals surface area contributed by atoms with Crippen LogP contribution < -0.4 is 4.74 Å². The Morgan fingerprint density at radius 2 is 1.94 bits per heavy atom. The Morgan fingerprint density at radius 1 is 1.24 bits per heavy atom. The molecule has 1 atom stereocenters. The van der Waals surface area contributed by atoms with E-state index in [4.69, 9.17) is 0 Å². The van der Waals surface area contributed by atoms with E-state index in [1.165, 1.54) is 0 Å². The van der Waals surface area contributed by atoms with Crippen molar-refractivity contribution in [2.45, 2.75) is 25.1 Å². The number of carbonyl (C=O) groups excluding carboxylic acids is 1. The van der Waals surface area contributed by atoms with Crippen LogP contribution in [0.15, 0.2) is 18.2 Å². The molecule has 1 fully saturated rings. The van der Waals surface area contributed by atoms with Gasteiger partial charge in [-0.05, 0) is 24.1 Å². The lowest BCUT2D eigenvalue weighted by atomic mass is 9.78. The molecule has 17 heavy (non-hydrogen) atoms. The molecule has 0 N–H and O–H groups in total. The monoisotopic (exact) mass is 248 g/mol. The first-order valence-corrected chi connectivity index (χ1v) is 4.94. The molecule has 0 aromatic heterocycles. The average molecular weight is 248 g/mol. The molecule has 0 aliphatic heterocycles. The van der Waals surface area contributed by atoms with Crippen molar-refractivity contribution in [3.05, 3.63) is 29.6 Å². The summed E-state index contributed by atoms with van der Waals surface area (Å²) in [5.74, 6) is -2.07. The maximum absolute atomic E-state index is 13.1. The lowest BCUT2D eigenvalue weighted by Gasteiger charge is -2.24. The van der Waals surface area contributed by atoms with E-state index < -0.39 is 23.8 Å². The maximum Gasteiger partial charge on any atom is 0.573 e. The zero-order valence-electron chi connectivity index (χ0n) is 8.55. The Balaban J connectivity index is 2.26. The van der Waals surface area contributed by atoms with E-state index in [9.17, 15) is 22.4 Å². The minimum atomic E-state index is -4.87. The van der Waals surface area contributed by atoms with Gasteiger partial charge in [-0.3, -0.25) is 4.79 Å². The molecule has 1 aromatic carbocycles. The van der Waals surface area contributed by atoms with Crippen LogP contribution >= 0.6 is 0 Å². The van der Waals surface area contributed by atoms with Crippen molar-refractivity contribution in [1.82, 2.24) is 0 Å². The van der Waals surface area contributed by atoms with Crippen LogP contribution in [0.2, 0.25) is 0 Å². The Labute approximate surface area is 94.2 Å². The van der Waals surface area contributed by atoms with E-state index in [1.54, 1.807) is 0 Å². The molecule has 6 heteroatoms. The second-order valence-electron chi connectivity index (χ2n) is 3.83. The predicted octanol–water partition coefficient (Wildman–Crippen LogP) is 3.17. The fourth-order valence-corrected chi connectivity index (χ4v) is 1.74. The van der Waals surface area contributed by atoms with Gasteiger partial charge in [-0.2, -0.15) is 0 Å². The van der Waals surface area contributed by atoms with E-state index in [-0.39, 0.29) is 11.3 Å². The minimum Gasteiger partial charge on any atom is -0.406 e. The summed E-state index contributed by atoms with van der Waals surface area (Å²) in [5.41, 5.74) is 0.237. The third-order valence-electron chi connectivity index (χ3n) is 2.60. The van der Waals surface area contributed by atoms with Gasteiger partial charge in [-0.15, -0.1) is 13.2 Å². The van der Waals surface area contributed by atoms with Crippen LogP contribution in [-0.2, 0) is 4.79 Å². The summed E-state index contributed by atoms with van der Waals surface area (Å²) in [7, 11) is 0. The highest BCUT2D eigenvalue weighted by atomic mass is 19.4. The van der Waals surface area contributed by atoms with Crippen LogP contribution in [0.3, 0.4) is 0 Å². The summed E-state index contributed by atoms with van der Waals surface area (Å²) in [4.78, 5) is 11.2. The number of ether oxygens (including phenoxy) is 1. The van der Waals surface area contributed by atoms with Gasteiger partial charge in [0.1, 0.15) is 17.3 Å². The van der Waals surface area contributed by atoms with Crippen LogP contribution in [0.25, 0.3) is 0 Å². The summed E-state index contributed by atoms with van der Waals surface area (Å²) >= 11 is 0. The van der Waals surface area contributed by atoms with Gasteiger partial charge in [0.2, 0.25) is 0 Å². The van der Waals surface area contributed by atoms with Crippen molar-refractivity contribution >= 4 is 5.78 Å². The minimum absolute atomic E-state index is 0.0893. The highest BCUT2D eigenvalue weighted by Gasteiger charge is 2.33. The Hall–Kier alpha value is -1.59. The van der Waals surface area contributed by atoms with Gasteiger partial charge in [-0.25, -0.2) is 4.39 Å². The number of hydrogen-bond donors (Lipinski definition) is 0. The zero-order valence-corrected chi connectivity index (χ0v) is 8.55. The van der Waals surface area contributed by atoms with Gasteiger partial charge in [0, 0.05) is 18.4 Å². The molecule has 2 nitrogen and oxygen atoms in total. The van der Waals surface area contributed by atoms with E-state index in [0.717, 1.165) is 12.1 Å². The standard InChI is InChI=1S/C11H8F4O2/c12-7-3-6(9-1-2-10(9)16)4-8(5-7)17-11(13,14)15/h3-5,9H,1-2H2. The molecular weight excluding hydrogens is 240 g/mol. The molecule has 1 aliphatic carbocycles.